The minimum Gasteiger partial charge on any atom is -0.259 e. The Morgan fingerprint density at radius 1 is 1.08 bits per heavy atom. The van der Waals surface area contributed by atoms with E-state index in [1.165, 1.54) is 5.56 Å². The summed E-state index contributed by atoms with van der Waals surface area (Å²) in [5, 5.41) is 18.8. The van der Waals surface area contributed by atoms with Gasteiger partial charge in [-0.25, -0.2) is 0 Å². The number of hydrogen-bond acceptors (Lipinski definition) is 5. The second-order valence-corrected chi connectivity index (χ2v) is 5.46. The Balaban J connectivity index is 1.66. The molecular formula is C18H16N6. The number of hydrazone groups is 1. The fraction of sp³-hybridized carbons (Fsp3) is 0.111. The molecule has 2 heterocycles. The molecule has 0 unspecified atom stereocenters. The van der Waals surface area contributed by atoms with Gasteiger partial charge in [0.25, 0.3) is 0 Å². The molecule has 0 fully saturated rings. The van der Waals surface area contributed by atoms with Gasteiger partial charge in [0.05, 0.1) is 6.21 Å². The lowest BCUT2D eigenvalue weighted by Gasteiger charge is -2.06. The van der Waals surface area contributed by atoms with Crippen LogP contribution in [0.3, 0.4) is 0 Å². The summed E-state index contributed by atoms with van der Waals surface area (Å²) >= 11 is 0. The lowest BCUT2D eigenvalue weighted by molar-refractivity contribution is 0.934. The minimum absolute atomic E-state index is 0.666. The zero-order chi connectivity index (χ0) is 16.4. The number of benzene rings is 2. The molecule has 0 aliphatic carbocycles. The van der Waals surface area contributed by atoms with Crippen LogP contribution in [0.2, 0.25) is 0 Å². The number of rotatable bonds is 4. The van der Waals surface area contributed by atoms with Crippen LogP contribution in [0.15, 0.2) is 60.0 Å². The summed E-state index contributed by atoms with van der Waals surface area (Å²) in [6, 6.07) is 16.3. The van der Waals surface area contributed by atoms with Crippen LogP contribution in [0, 0.1) is 0 Å². The summed E-state index contributed by atoms with van der Waals surface area (Å²) in [4.78, 5) is 0. The van der Waals surface area contributed by atoms with Gasteiger partial charge in [-0.05, 0) is 17.5 Å². The third-order valence-corrected chi connectivity index (χ3v) is 3.93. The summed E-state index contributed by atoms with van der Waals surface area (Å²) in [6.45, 7) is 2.14. The number of aryl methyl sites for hydroxylation is 1. The van der Waals surface area contributed by atoms with Gasteiger partial charge in [-0.3, -0.25) is 5.43 Å². The Morgan fingerprint density at radius 2 is 1.88 bits per heavy atom. The molecule has 6 nitrogen and oxygen atoms in total. The molecule has 118 valence electrons. The van der Waals surface area contributed by atoms with Gasteiger partial charge in [0.1, 0.15) is 6.33 Å². The van der Waals surface area contributed by atoms with E-state index < -0.39 is 0 Å². The predicted octanol–water partition coefficient (Wildman–Crippen LogP) is 3.29. The van der Waals surface area contributed by atoms with Crippen LogP contribution in [0.25, 0.3) is 16.4 Å². The summed E-state index contributed by atoms with van der Waals surface area (Å²) < 4.78 is 1.65. The molecule has 2 aromatic carbocycles. The van der Waals surface area contributed by atoms with Gasteiger partial charge in [0.15, 0.2) is 11.5 Å². The molecule has 0 aliphatic rings. The Bertz CT molecular complexity index is 1020. The number of fused-ring (bicyclic) bond motifs is 3. The van der Waals surface area contributed by atoms with Crippen molar-refractivity contribution in [2.24, 2.45) is 5.10 Å². The Kier molecular flexibility index (Phi) is 3.63. The highest BCUT2D eigenvalue weighted by Gasteiger charge is 2.08. The SMILES string of the molecule is CCc1ccc(C=NNc2nn3cnnc3c3ccccc23)cc1. The summed E-state index contributed by atoms with van der Waals surface area (Å²) in [7, 11) is 0. The number of nitrogens with one attached hydrogen (secondary N) is 1. The third kappa shape index (κ3) is 2.58. The largest absolute Gasteiger partial charge is 0.259 e. The first kappa shape index (κ1) is 14.3. The number of anilines is 1. The first-order valence-corrected chi connectivity index (χ1v) is 7.82. The fourth-order valence-electron chi connectivity index (χ4n) is 2.62. The first-order chi connectivity index (χ1) is 11.8. The predicted molar refractivity (Wildman–Crippen MR) is 95.3 cm³/mol. The Hall–Kier alpha value is -3.28. The van der Waals surface area contributed by atoms with Crippen molar-refractivity contribution in [1.29, 1.82) is 0 Å². The van der Waals surface area contributed by atoms with Crippen molar-refractivity contribution in [3.8, 4) is 0 Å². The molecule has 0 amide bonds. The number of hydrogen-bond donors (Lipinski definition) is 1. The average molecular weight is 316 g/mol. The van der Waals surface area contributed by atoms with Crippen LogP contribution >= 0.6 is 0 Å². The lowest BCUT2D eigenvalue weighted by atomic mass is 10.1. The molecule has 0 atom stereocenters. The van der Waals surface area contributed by atoms with Crippen molar-refractivity contribution in [3.05, 3.63) is 66.0 Å². The molecular weight excluding hydrogens is 300 g/mol. The summed E-state index contributed by atoms with van der Waals surface area (Å²) in [5.41, 5.74) is 6.11. The molecule has 0 spiro atoms. The van der Waals surface area contributed by atoms with Crippen LogP contribution in [0.5, 0.6) is 0 Å². The maximum Gasteiger partial charge on any atom is 0.185 e. The topological polar surface area (TPSA) is 67.5 Å². The van der Waals surface area contributed by atoms with Crippen molar-refractivity contribution in [3.63, 3.8) is 0 Å². The quantitative estimate of drug-likeness (QED) is 0.463. The van der Waals surface area contributed by atoms with E-state index in [0.717, 1.165) is 28.4 Å². The highest BCUT2D eigenvalue weighted by Crippen LogP contribution is 2.23. The van der Waals surface area contributed by atoms with Crippen molar-refractivity contribution in [1.82, 2.24) is 19.8 Å². The van der Waals surface area contributed by atoms with Gasteiger partial charge in [-0.2, -0.15) is 9.62 Å². The van der Waals surface area contributed by atoms with Crippen molar-refractivity contribution in [2.75, 3.05) is 5.43 Å². The molecule has 6 heteroatoms. The van der Waals surface area contributed by atoms with Gasteiger partial charge >= 0.3 is 0 Å². The van der Waals surface area contributed by atoms with Crippen LogP contribution in [-0.4, -0.2) is 26.0 Å². The molecule has 0 aliphatic heterocycles. The minimum atomic E-state index is 0.666. The molecule has 0 bridgehead atoms. The first-order valence-electron chi connectivity index (χ1n) is 7.82. The zero-order valence-corrected chi connectivity index (χ0v) is 13.2. The van der Waals surface area contributed by atoms with E-state index in [1.54, 1.807) is 17.1 Å². The van der Waals surface area contributed by atoms with E-state index in [4.69, 9.17) is 0 Å². The van der Waals surface area contributed by atoms with E-state index in [9.17, 15) is 0 Å². The van der Waals surface area contributed by atoms with E-state index in [-0.39, 0.29) is 0 Å². The van der Waals surface area contributed by atoms with Crippen LogP contribution in [-0.2, 0) is 6.42 Å². The molecule has 24 heavy (non-hydrogen) atoms. The number of aromatic nitrogens is 4. The third-order valence-electron chi connectivity index (χ3n) is 3.93. The van der Waals surface area contributed by atoms with Crippen molar-refractivity contribution in [2.45, 2.75) is 13.3 Å². The number of nitrogens with zero attached hydrogens (tertiary/aromatic N) is 5. The zero-order valence-electron chi connectivity index (χ0n) is 13.2. The molecule has 0 saturated heterocycles. The van der Waals surface area contributed by atoms with Crippen LogP contribution in [0.1, 0.15) is 18.1 Å². The second-order valence-electron chi connectivity index (χ2n) is 5.46. The smallest absolute Gasteiger partial charge is 0.185 e. The normalized spacial score (nSPS) is 11.5. The second kappa shape index (κ2) is 6.08. The van der Waals surface area contributed by atoms with E-state index in [2.05, 4.69) is 57.0 Å². The van der Waals surface area contributed by atoms with E-state index in [1.807, 2.05) is 24.3 Å². The van der Waals surface area contributed by atoms with Crippen LogP contribution < -0.4 is 5.43 Å². The highest BCUT2D eigenvalue weighted by molar-refractivity contribution is 5.99. The Labute approximate surface area is 138 Å². The maximum atomic E-state index is 4.49. The van der Waals surface area contributed by atoms with Crippen LogP contribution in [0.4, 0.5) is 5.82 Å². The van der Waals surface area contributed by atoms with Gasteiger partial charge in [-0.15, -0.1) is 15.3 Å². The van der Waals surface area contributed by atoms with E-state index in [0.29, 0.717) is 5.82 Å². The average Bonchev–Trinajstić information content (AvgIpc) is 3.11. The van der Waals surface area contributed by atoms with E-state index >= 15 is 0 Å². The summed E-state index contributed by atoms with van der Waals surface area (Å²) in [5.74, 6) is 0.666. The summed E-state index contributed by atoms with van der Waals surface area (Å²) in [6.07, 6.45) is 4.40. The fourth-order valence-corrected chi connectivity index (χ4v) is 2.62. The van der Waals surface area contributed by atoms with Crippen molar-refractivity contribution >= 4 is 28.5 Å². The molecule has 2 aromatic heterocycles. The standard InChI is InChI=1S/C18H16N6/c1-2-13-7-9-14(10-8-13)11-19-21-17-15-5-3-4-6-16(15)18-22-20-12-24(18)23-17/h3-12H,2H2,1H3,(H,21,23). The van der Waals surface area contributed by atoms with Gasteiger partial charge in [-0.1, -0.05) is 55.5 Å². The molecule has 1 N–H and O–H groups in total. The maximum absolute atomic E-state index is 4.49. The van der Waals surface area contributed by atoms with Crippen molar-refractivity contribution < 1.29 is 0 Å². The Morgan fingerprint density at radius 3 is 2.67 bits per heavy atom. The monoisotopic (exact) mass is 316 g/mol. The molecule has 0 saturated carbocycles. The molecule has 4 aromatic rings. The lowest BCUT2D eigenvalue weighted by Crippen LogP contribution is -2.00. The molecule has 4 rings (SSSR count). The van der Waals surface area contributed by atoms with Gasteiger partial charge in [0.2, 0.25) is 0 Å². The highest BCUT2D eigenvalue weighted by atomic mass is 15.4. The van der Waals surface area contributed by atoms with Gasteiger partial charge in [0, 0.05) is 10.8 Å². The van der Waals surface area contributed by atoms with Gasteiger partial charge < -0.3 is 0 Å². The molecule has 0 radical (unpaired) electrons.